The molecule has 0 saturated heterocycles. The lowest BCUT2D eigenvalue weighted by molar-refractivity contribution is 0.0594. The van der Waals surface area contributed by atoms with Gasteiger partial charge in [-0.3, -0.25) is 0 Å². The first-order valence-corrected chi connectivity index (χ1v) is 11.6. The second-order valence-corrected chi connectivity index (χ2v) is 9.46. The highest BCUT2D eigenvalue weighted by molar-refractivity contribution is 5.96. The maximum Gasteiger partial charge on any atom is 0.340 e. The summed E-state index contributed by atoms with van der Waals surface area (Å²) in [5, 5.41) is -0.196. The van der Waals surface area contributed by atoms with E-state index in [1.54, 1.807) is 12.1 Å². The molecule has 2 nitrogen and oxygen atoms in total. The van der Waals surface area contributed by atoms with Crippen molar-refractivity contribution < 1.29 is 22.7 Å². The van der Waals surface area contributed by atoms with Crippen LogP contribution in [0.4, 0.5) is 13.2 Å². The predicted molar refractivity (Wildman–Crippen MR) is 116 cm³/mol. The first-order chi connectivity index (χ1) is 14.9. The summed E-state index contributed by atoms with van der Waals surface area (Å²) in [4.78, 5) is 11.7. The van der Waals surface area contributed by atoms with Gasteiger partial charge in [-0.15, -0.1) is 0 Å². The Hall–Kier alpha value is -2.04. The summed E-state index contributed by atoms with van der Waals surface area (Å²) in [6.07, 6.45) is 10.5. The molecular weight excluding hydrogens is 401 g/mol. The number of carbonyl (C=O) groups excluding carboxylic acids is 1. The van der Waals surface area contributed by atoms with Crippen molar-refractivity contribution in [3.05, 3.63) is 46.8 Å². The number of ether oxygens (including phenoxy) is 1. The summed E-state index contributed by atoms with van der Waals surface area (Å²) in [5.74, 6) is -2.17. The third kappa shape index (κ3) is 4.20. The van der Waals surface area contributed by atoms with Crippen molar-refractivity contribution in [2.45, 2.75) is 70.6 Å². The van der Waals surface area contributed by atoms with Crippen LogP contribution in [0.1, 0.15) is 86.6 Å². The molecule has 0 spiro atoms. The van der Waals surface area contributed by atoms with E-state index < -0.39 is 29.0 Å². The second kappa shape index (κ2) is 9.22. The molecule has 5 heteroatoms. The highest BCUT2D eigenvalue weighted by Gasteiger charge is 2.37. The number of benzene rings is 2. The molecule has 0 radical (unpaired) electrons. The van der Waals surface area contributed by atoms with Crippen LogP contribution >= 0.6 is 0 Å². The molecule has 2 aliphatic carbocycles. The molecule has 2 aromatic rings. The van der Waals surface area contributed by atoms with Crippen LogP contribution in [0.5, 0.6) is 0 Å². The predicted octanol–water partition coefficient (Wildman–Crippen LogP) is 7.53. The van der Waals surface area contributed by atoms with Crippen molar-refractivity contribution in [3.8, 4) is 0 Å². The molecule has 2 unspecified atom stereocenters. The molecule has 2 aromatic carbocycles. The van der Waals surface area contributed by atoms with Gasteiger partial charge in [-0.05, 0) is 72.8 Å². The number of methoxy groups -OCH3 is 1. The Bertz CT molecular complexity index is 971. The Morgan fingerprint density at radius 3 is 2.48 bits per heavy atom. The number of hydrogen-bond acceptors (Lipinski definition) is 2. The summed E-state index contributed by atoms with van der Waals surface area (Å²) in [5.41, 5.74) is -0.0387. The largest absolute Gasteiger partial charge is 0.465 e. The zero-order chi connectivity index (χ0) is 22.1. The lowest BCUT2D eigenvalue weighted by Crippen LogP contribution is -2.30. The van der Waals surface area contributed by atoms with E-state index in [1.807, 2.05) is 0 Å². The molecule has 2 aliphatic rings. The van der Waals surface area contributed by atoms with Crippen molar-refractivity contribution in [1.29, 1.82) is 0 Å². The van der Waals surface area contributed by atoms with Crippen LogP contribution in [-0.4, -0.2) is 13.1 Å². The Kier molecular flexibility index (Phi) is 6.59. The lowest BCUT2D eigenvalue weighted by atomic mass is 9.63. The summed E-state index contributed by atoms with van der Waals surface area (Å²) in [6.45, 7) is 2.24. The Balaban J connectivity index is 1.58. The molecule has 4 atom stereocenters. The molecule has 0 amide bonds. The fourth-order valence-electron chi connectivity index (χ4n) is 5.99. The Morgan fingerprint density at radius 2 is 1.74 bits per heavy atom. The third-order valence-corrected chi connectivity index (χ3v) is 7.69. The lowest BCUT2D eigenvalue weighted by Gasteiger charge is -2.42. The zero-order valence-corrected chi connectivity index (χ0v) is 18.4. The van der Waals surface area contributed by atoms with Crippen LogP contribution in [-0.2, 0) is 4.74 Å². The van der Waals surface area contributed by atoms with Gasteiger partial charge in [0.05, 0.1) is 18.1 Å². The fourth-order valence-corrected chi connectivity index (χ4v) is 5.99. The minimum absolute atomic E-state index is 0.0283. The Morgan fingerprint density at radius 1 is 1.00 bits per heavy atom. The number of fused-ring (bicyclic) bond motifs is 2. The summed E-state index contributed by atoms with van der Waals surface area (Å²) < 4.78 is 49.1. The van der Waals surface area contributed by atoms with E-state index in [0.717, 1.165) is 32.3 Å². The number of halogens is 3. The van der Waals surface area contributed by atoms with E-state index in [2.05, 4.69) is 11.7 Å². The average molecular weight is 433 g/mol. The van der Waals surface area contributed by atoms with Crippen LogP contribution in [0.2, 0.25) is 0 Å². The van der Waals surface area contributed by atoms with E-state index >= 15 is 4.39 Å². The Labute approximate surface area is 182 Å². The summed E-state index contributed by atoms with van der Waals surface area (Å²) in [7, 11) is 1.10. The molecule has 0 N–H and O–H groups in total. The topological polar surface area (TPSA) is 26.3 Å². The third-order valence-electron chi connectivity index (χ3n) is 7.69. The number of hydrogen-bond donors (Lipinski definition) is 0. The first-order valence-electron chi connectivity index (χ1n) is 11.6. The van der Waals surface area contributed by atoms with Crippen LogP contribution in [0, 0.1) is 35.2 Å². The van der Waals surface area contributed by atoms with E-state index in [9.17, 15) is 13.6 Å². The fraction of sp³-hybridized carbons (Fsp3) is 0.577. The molecule has 4 rings (SSSR count). The smallest absolute Gasteiger partial charge is 0.340 e. The highest BCUT2D eigenvalue weighted by atomic mass is 19.2. The maximum atomic E-state index is 15.4. The number of rotatable bonds is 5. The number of unbranched alkanes of at least 4 members (excludes halogenated alkanes) is 1. The minimum Gasteiger partial charge on any atom is -0.465 e. The van der Waals surface area contributed by atoms with E-state index in [4.69, 9.17) is 0 Å². The van der Waals surface area contributed by atoms with Crippen molar-refractivity contribution in [3.63, 3.8) is 0 Å². The van der Waals surface area contributed by atoms with Gasteiger partial charge in [0, 0.05) is 0 Å². The molecule has 0 heterocycles. The van der Waals surface area contributed by atoms with Gasteiger partial charge in [-0.2, -0.15) is 0 Å². The number of carbonyl (C=O) groups is 1. The summed E-state index contributed by atoms with van der Waals surface area (Å²) >= 11 is 0. The van der Waals surface area contributed by atoms with Gasteiger partial charge in [0.15, 0.2) is 11.6 Å². The van der Waals surface area contributed by atoms with Gasteiger partial charge in [0.25, 0.3) is 0 Å². The SMILES string of the molecule is CCCCC1CC[C@@H]2CC(c3ccc4cc(C(=O)OC)c(F)c(F)c4c3F)CC[C@H]2C1. The van der Waals surface area contributed by atoms with Crippen molar-refractivity contribution in [2.24, 2.45) is 17.8 Å². The van der Waals surface area contributed by atoms with Crippen LogP contribution in [0.25, 0.3) is 10.8 Å². The minimum atomic E-state index is -1.36. The van der Waals surface area contributed by atoms with Crippen LogP contribution < -0.4 is 0 Å². The molecule has 168 valence electrons. The molecule has 31 heavy (non-hydrogen) atoms. The standard InChI is InChI=1S/C26H31F3O2/c1-3-4-5-15-6-7-17-13-18(9-8-16(17)12-15)20-11-10-19-14-21(26(30)31-2)24(28)25(29)22(19)23(20)27/h10-11,14-18H,3-9,12-13H2,1-2H3/t15?,16-,17+,18?/m0/s1. The first kappa shape index (κ1) is 22.2. The molecule has 2 saturated carbocycles. The van der Waals surface area contributed by atoms with Gasteiger partial charge in [-0.1, -0.05) is 44.7 Å². The molecule has 2 fully saturated rings. The molecular formula is C26H31F3O2. The van der Waals surface area contributed by atoms with Crippen LogP contribution in [0.15, 0.2) is 18.2 Å². The summed E-state index contributed by atoms with van der Waals surface area (Å²) in [6, 6.07) is 4.45. The van der Waals surface area contributed by atoms with E-state index in [1.165, 1.54) is 44.6 Å². The van der Waals surface area contributed by atoms with E-state index in [-0.39, 0.29) is 16.7 Å². The molecule has 0 aliphatic heterocycles. The van der Waals surface area contributed by atoms with Crippen LogP contribution in [0.3, 0.4) is 0 Å². The van der Waals surface area contributed by atoms with Gasteiger partial charge < -0.3 is 4.74 Å². The maximum absolute atomic E-state index is 15.4. The van der Waals surface area contributed by atoms with Crippen molar-refractivity contribution >= 4 is 16.7 Å². The van der Waals surface area contributed by atoms with Gasteiger partial charge in [0.2, 0.25) is 0 Å². The quantitative estimate of drug-likeness (QED) is 0.456. The molecule has 0 aromatic heterocycles. The van der Waals surface area contributed by atoms with Crippen molar-refractivity contribution in [2.75, 3.05) is 7.11 Å². The van der Waals surface area contributed by atoms with E-state index in [0.29, 0.717) is 17.4 Å². The molecule has 0 bridgehead atoms. The highest BCUT2D eigenvalue weighted by Crippen LogP contribution is 2.49. The normalized spacial score (nSPS) is 26.0. The second-order valence-electron chi connectivity index (χ2n) is 9.46. The monoisotopic (exact) mass is 432 g/mol. The van der Waals surface area contributed by atoms with Crippen molar-refractivity contribution in [1.82, 2.24) is 0 Å². The van der Waals surface area contributed by atoms with Gasteiger partial charge in [-0.25, -0.2) is 18.0 Å². The van der Waals surface area contributed by atoms with Gasteiger partial charge in [0.1, 0.15) is 5.82 Å². The number of esters is 1. The zero-order valence-electron chi connectivity index (χ0n) is 18.4. The average Bonchev–Trinajstić information content (AvgIpc) is 2.79. The van der Waals surface area contributed by atoms with Gasteiger partial charge >= 0.3 is 5.97 Å².